The zero-order chi connectivity index (χ0) is 25.1. The van der Waals surface area contributed by atoms with Crippen molar-refractivity contribution in [2.24, 2.45) is 0 Å². The molecule has 6 nitrogen and oxygen atoms in total. The van der Waals surface area contributed by atoms with Crippen LogP contribution in [0.3, 0.4) is 0 Å². The van der Waals surface area contributed by atoms with Gasteiger partial charge in [-0.15, -0.1) is 10.2 Å². The fourth-order valence-electron chi connectivity index (χ4n) is 3.76. The highest BCUT2D eigenvalue weighted by Gasteiger charge is 2.68. The Kier molecular flexibility index (Phi) is 6.20. The lowest BCUT2D eigenvalue weighted by atomic mass is 10.1. The summed E-state index contributed by atoms with van der Waals surface area (Å²) in [4.78, 5) is 0.213. The molecule has 182 valence electrons. The van der Waals surface area contributed by atoms with Crippen molar-refractivity contribution < 1.29 is 22.1 Å². The van der Waals surface area contributed by atoms with Crippen LogP contribution in [0.1, 0.15) is 18.7 Å². The average Bonchev–Trinajstić information content (AvgIpc) is 3.30. The maximum absolute atomic E-state index is 13.6. The van der Waals surface area contributed by atoms with Gasteiger partial charge in [-0.1, -0.05) is 51.3 Å². The van der Waals surface area contributed by atoms with E-state index in [0.29, 0.717) is 22.0 Å². The summed E-state index contributed by atoms with van der Waals surface area (Å²) in [5.41, 5.74) is -0.682. The topological polar surface area (TPSA) is 79.8 Å². The molecular weight excluding hydrogens is 592 g/mol. The Morgan fingerprint density at radius 2 is 1.80 bits per heavy atom. The average molecular weight is 606 g/mol. The van der Waals surface area contributed by atoms with Crippen LogP contribution in [0.25, 0.3) is 28.5 Å². The lowest BCUT2D eigenvalue weighted by Crippen LogP contribution is -2.28. The van der Waals surface area contributed by atoms with Gasteiger partial charge in [-0.3, -0.25) is 0 Å². The normalized spacial score (nSPS) is 15.9. The van der Waals surface area contributed by atoms with Gasteiger partial charge in [0.1, 0.15) is 17.4 Å². The Morgan fingerprint density at radius 3 is 2.37 bits per heavy atom. The summed E-state index contributed by atoms with van der Waals surface area (Å²) in [6.45, 7) is 0. The van der Waals surface area contributed by atoms with Gasteiger partial charge in [-0.25, -0.2) is 4.68 Å². The fraction of sp³-hybridized carbons (Fsp3) is 0.227. The Bertz CT molecular complexity index is 1420. The van der Waals surface area contributed by atoms with Gasteiger partial charge in [-0.05, 0) is 54.3 Å². The van der Waals surface area contributed by atoms with Gasteiger partial charge in [0.25, 0.3) is 5.89 Å². The molecule has 1 saturated carbocycles. The minimum Gasteiger partial charge on any atom is -0.612 e. The molecule has 5 rings (SSSR count). The molecule has 1 fully saturated rings. The first-order chi connectivity index (χ1) is 16.5. The molecule has 13 heteroatoms. The van der Waals surface area contributed by atoms with Gasteiger partial charge in [-0.2, -0.15) is 18.3 Å². The Labute approximate surface area is 218 Å². The third-order valence-electron chi connectivity index (χ3n) is 5.71. The van der Waals surface area contributed by atoms with Crippen molar-refractivity contribution >= 4 is 50.3 Å². The number of rotatable bonds is 5. The van der Waals surface area contributed by atoms with Gasteiger partial charge >= 0.3 is 6.18 Å². The number of hydrogen-bond donors (Lipinski definition) is 0. The maximum atomic E-state index is 13.6. The SMILES string of the molecule is C[S+]([O-])c1c(-c2nnc(C3(C(F)(F)F)CC3)o2)nn(-c2ccc(Cl)cc2Cl)c1-c1ccc(Br)cc1. The number of halogens is 6. The molecule has 1 unspecified atom stereocenters. The monoisotopic (exact) mass is 604 g/mol. The van der Waals surface area contributed by atoms with E-state index in [0.717, 1.165) is 4.47 Å². The smallest absolute Gasteiger partial charge is 0.403 e. The maximum Gasteiger partial charge on any atom is 0.403 e. The van der Waals surface area contributed by atoms with Crippen LogP contribution in [0.15, 0.2) is 56.2 Å². The van der Waals surface area contributed by atoms with Crippen molar-refractivity contribution in [1.82, 2.24) is 20.0 Å². The highest BCUT2D eigenvalue weighted by atomic mass is 79.9. The molecule has 1 aliphatic rings. The molecule has 2 aromatic heterocycles. The first kappa shape index (κ1) is 24.6. The second kappa shape index (κ2) is 8.81. The minimum absolute atomic E-state index is 0.00601. The number of aromatic nitrogens is 4. The van der Waals surface area contributed by atoms with Gasteiger partial charge < -0.3 is 8.97 Å². The molecule has 2 heterocycles. The Morgan fingerprint density at radius 1 is 1.11 bits per heavy atom. The van der Waals surface area contributed by atoms with E-state index < -0.39 is 28.7 Å². The number of hydrogen-bond acceptors (Lipinski definition) is 5. The summed E-state index contributed by atoms with van der Waals surface area (Å²) < 4.78 is 61.6. The third kappa shape index (κ3) is 4.27. The number of alkyl halides is 3. The molecule has 1 atom stereocenters. The quantitative estimate of drug-likeness (QED) is 0.229. The molecule has 0 bridgehead atoms. The van der Waals surface area contributed by atoms with Gasteiger partial charge in [0.2, 0.25) is 16.5 Å². The minimum atomic E-state index is -4.52. The predicted octanol–water partition coefficient (Wildman–Crippen LogP) is 6.99. The standard InChI is InChI=1S/C22H14BrCl2F3N4O2S/c1-35(33)18-16(19-29-30-20(34-19)21(8-9-21)22(26,27)28)31-32(15-7-6-13(24)10-14(15)25)17(18)11-2-4-12(23)5-3-11/h2-7,10H,8-9H2,1H3. The van der Waals surface area contributed by atoms with E-state index in [9.17, 15) is 17.7 Å². The molecule has 0 radical (unpaired) electrons. The number of nitrogens with zero attached hydrogens (tertiary/aromatic N) is 4. The third-order valence-corrected chi connectivity index (χ3v) is 7.74. The zero-order valence-corrected chi connectivity index (χ0v) is 21.7. The molecule has 1 aliphatic carbocycles. The van der Waals surface area contributed by atoms with E-state index in [2.05, 4.69) is 31.2 Å². The summed E-state index contributed by atoms with van der Waals surface area (Å²) in [5.74, 6) is -0.792. The fourth-order valence-corrected chi connectivity index (χ4v) is 5.39. The van der Waals surface area contributed by atoms with E-state index in [1.165, 1.54) is 17.0 Å². The Hall–Kier alpha value is -2.05. The van der Waals surface area contributed by atoms with E-state index in [1.54, 1.807) is 36.4 Å². The lowest BCUT2D eigenvalue weighted by molar-refractivity contribution is -0.165. The van der Waals surface area contributed by atoms with Gasteiger partial charge in [0.05, 0.1) is 10.7 Å². The molecule has 35 heavy (non-hydrogen) atoms. The molecule has 0 spiro atoms. The summed E-state index contributed by atoms with van der Waals surface area (Å²) in [6, 6.07) is 11.9. The van der Waals surface area contributed by atoms with Crippen molar-refractivity contribution in [3.63, 3.8) is 0 Å². The van der Waals surface area contributed by atoms with E-state index in [1.807, 2.05) is 0 Å². The van der Waals surface area contributed by atoms with E-state index in [4.69, 9.17) is 27.6 Å². The second-order valence-corrected chi connectivity index (χ2v) is 11.1. The zero-order valence-electron chi connectivity index (χ0n) is 17.7. The summed E-state index contributed by atoms with van der Waals surface area (Å²) in [6.07, 6.45) is -3.36. The van der Waals surface area contributed by atoms with Crippen LogP contribution in [0.2, 0.25) is 10.0 Å². The summed E-state index contributed by atoms with van der Waals surface area (Å²) >= 11 is 14.3. The van der Waals surface area contributed by atoms with Crippen LogP contribution in [0, 0.1) is 0 Å². The number of benzene rings is 2. The molecule has 4 aromatic rings. The lowest BCUT2D eigenvalue weighted by Gasteiger charge is -2.14. The van der Waals surface area contributed by atoms with Crippen LogP contribution in [0.4, 0.5) is 13.2 Å². The predicted molar refractivity (Wildman–Crippen MR) is 129 cm³/mol. The highest BCUT2D eigenvalue weighted by molar-refractivity contribution is 9.10. The van der Waals surface area contributed by atoms with E-state index in [-0.39, 0.29) is 34.3 Å². The van der Waals surface area contributed by atoms with Crippen molar-refractivity contribution in [2.45, 2.75) is 29.3 Å². The second-order valence-electron chi connectivity index (χ2n) is 7.99. The first-order valence-electron chi connectivity index (χ1n) is 10.1. The van der Waals surface area contributed by atoms with Gasteiger partial charge in [0.15, 0.2) is 0 Å². The molecular formula is C22H14BrCl2F3N4O2S. The largest absolute Gasteiger partial charge is 0.612 e. The molecule has 2 aromatic carbocycles. The highest BCUT2D eigenvalue weighted by Crippen LogP contribution is 2.58. The summed E-state index contributed by atoms with van der Waals surface area (Å²) in [7, 11) is 0. The molecule has 0 N–H and O–H groups in total. The van der Waals surface area contributed by atoms with Crippen LogP contribution >= 0.6 is 39.1 Å². The molecule has 0 amide bonds. The van der Waals surface area contributed by atoms with Crippen LogP contribution in [-0.2, 0) is 16.6 Å². The first-order valence-corrected chi connectivity index (χ1v) is 13.2. The van der Waals surface area contributed by atoms with E-state index >= 15 is 0 Å². The summed E-state index contributed by atoms with van der Waals surface area (Å²) in [5, 5.41) is 12.7. The van der Waals surface area contributed by atoms with Crippen LogP contribution < -0.4 is 0 Å². The van der Waals surface area contributed by atoms with Crippen molar-refractivity contribution in [2.75, 3.05) is 6.26 Å². The van der Waals surface area contributed by atoms with Gasteiger partial charge in [0, 0.05) is 15.1 Å². The van der Waals surface area contributed by atoms with Crippen molar-refractivity contribution in [3.05, 3.63) is 62.9 Å². The van der Waals surface area contributed by atoms with Crippen LogP contribution in [-0.4, -0.2) is 37.0 Å². The molecule has 0 saturated heterocycles. The Balaban J connectivity index is 1.75. The van der Waals surface area contributed by atoms with Crippen molar-refractivity contribution in [1.29, 1.82) is 0 Å². The van der Waals surface area contributed by atoms with Crippen LogP contribution in [0.5, 0.6) is 0 Å². The van der Waals surface area contributed by atoms with Crippen molar-refractivity contribution in [3.8, 4) is 28.5 Å². The molecule has 0 aliphatic heterocycles.